The summed E-state index contributed by atoms with van der Waals surface area (Å²) in [5.74, 6) is -0.0822. The summed E-state index contributed by atoms with van der Waals surface area (Å²) in [7, 11) is -4.09. The lowest BCUT2D eigenvalue weighted by atomic mass is 9.94. The van der Waals surface area contributed by atoms with Crippen molar-refractivity contribution in [3.8, 4) is 11.1 Å². The minimum atomic E-state index is -4.09. The second-order valence-corrected chi connectivity index (χ2v) is 12.9. The van der Waals surface area contributed by atoms with Gasteiger partial charge in [-0.25, -0.2) is 13.1 Å². The summed E-state index contributed by atoms with van der Waals surface area (Å²) in [6, 6.07) is 11.8. The van der Waals surface area contributed by atoms with Crippen molar-refractivity contribution >= 4 is 52.0 Å². The Hall–Kier alpha value is -2.56. The van der Waals surface area contributed by atoms with E-state index in [1.54, 1.807) is 41.3 Å². The summed E-state index contributed by atoms with van der Waals surface area (Å²) in [5.41, 5.74) is 1.60. The molecule has 41 heavy (non-hydrogen) atoms. The van der Waals surface area contributed by atoms with E-state index in [9.17, 15) is 22.8 Å². The zero-order valence-electron chi connectivity index (χ0n) is 23.8. The van der Waals surface area contributed by atoms with Gasteiger partial charge in [0.05, 0.1) is 4.90 Å². The first-order valence-electron chi connectivity index (χ1n) is 14.2. The van der Waals surface area contributed by atoms with Crippen LogP contribution >= 0.6 is 24.2 Å². The summed E-state index contributed by atoms with van der Waals surface area (Å²) >= 11 is 11.0. The Morgan fingerprint density at radius 3 is 2.32 bits per heavy atom. The summed E-state index contributed by atoms with van der Waals surface area (Å²) in [6.07, 6.45) is 6.78. The molecule has 1 aliphatic rings. The predicted octanol–water partition coefficient (Wildman–Crippen LogP) is 5.44. The number of amides is 3. The van der Waals surface area contributed by atoms with Crippen molar-refractivity contribution in [3.05, 3.63) is 53.1 Å². The molecule has 0 radical (unpaired) electrons. The second kappa shape index (κ2) is 15.6. The maximum atomic E-state index is 13.3. The zero-order chi connectivity index (χ0) is 30.0. The number of carbonyl (C=O) groups is 3. The first-order valence-corrected chi connectivity index (χ1v) is 16.7. The fraction of sp³-hybridized carbons (Fsp3) is 0.500. The van der Waals surface area contributed by atoms with E-state index >= 15 is 0 Å². The summed E-state index contributed by atoms with van der Waals surface area (Å²) in [6.45, 7) is 4.25. The number of nitrogens with zero attached hydrogens (tertiary/aromatic N) is 2. The Morgan fingerprint density at radius 2 is 1.68 bits per heavy atom. The van der Waals surface area contributed by atoms with Gasteiger partial charge in [0.2, 0.25) is 17.7 Å². The third kappa shape index (κ3) is 9.21. The molecule has 0 atom stereocenters. The summed E-state index contributed by atoms with van der Waals surface area (Å²) in [4.78, 5) is 41.3. The summed E-state index contributed by atoms with van der Waals surface area (Å²) < 4.78 is 27.5. The molecule has 3 amide bonds. The van der Waals surface area contributed by atoms with Crippen molar-refractivity contribution in [2.24, 2.45) is 0 Å². The van der Waals surface area contributed by atoms with E-state index in [-0.39, 0.29) is 35.7 Å². The number of thiol groups is 1. The van der Waals surface area contributed by atoms with Gasteiger partial charge in [-0.05, 0) is 37.0 Å². The van der Waals surface area contributed by atoms with Crippen LogP contribution in [0.2, 0.25) is 5.02 Å². The number of rotatable bonds is 13. The Kier molecular flexibility index (Phi) is 12.5. The molecule has 1 saturated carbocycles. The lowest BCUT2D eigenvalue weighted by Gasteiger charge is -2.35. The van der Waals surface area contributed by atoms with Crippen molar-refractivity contribution < 1.29 is 22.8 Å². The highest BCUT2D eigenvalue weighted by molar-refractivity contribution is 7.90. The quantitative estimate of drug-likeness (QED) is 0.290. The van der Waals surface area contributed by atoms with E-state index in [2.05, 4.69) is 12.6 Å². The molecule has 11 heteroatoms. The second-order valence-electron chi connectivity index (χ2n) is 10.4. The van der Waals surface area contributed by atoms with Gasteiger partial charge in [-0.15, -0.1) is 0 Å². The van der Waals surface area contributed by atoms with E-state index in [1.807, 2.05) is 16.5 Å². The van der Waals surface area contributed by atoms with Gasteiger partial charge in [-0.3, -0.25) is 14.4 Å². The molecule has 0 heterocycles. The first-order chi connectivity index (χ1) is 19.6. The maximum absolute atomic E-state index is 13.3. The van der Waals surface area contributed by atoms with Crippen molar-refractivity contribution in [2.45, 2.75) is 82.7 Å². The van der Waals surface area contributed by atoms with Gasteiger partial charge in [-0.2, -0.15) is 12.6 Å². The molecule has 0 unspecified atom stereocenters. The molecule has 0 bridgehead atoms. The molecule has 0 aromatic heterocycles. The van der Waals surface area contributed by atoms with Gasteiger partial charge in [0.1, 0.15) is 0 Å². The van der Waals surface area contributed by atoms with Crippen molar-refractivity contribution in [1.82, 2.24) is 14.5 Å². The molecule has 1 N–H and O–H groups in total. The minimum Gasteiger partial charge on any atom is -0.339 e. The molecule has 1 fully saturated rings. The van der Waals surface area contributed by atoms with Crippen LogP contribution in [0.4, 0.5) is 0 Å². The smallest absolute Gasteiger partial charge is 0.264 e. The van der Waals surface area contributed by atoms with E-state index in [1.165, 1.54) is 12.5 Å². The Balaban J connectivity index is 1.80. The normalized spacial score (nSPS) is 14.0. The van der Waals surface area contributed by atoms with Gasteiger partial charge in [-0.1, -0.05) is 68.1 Å². The van der Waals surface area contributed by atoms with Gasteiger partial charge < -0.3 is 9.80 Å². The van der Waals surface area contributed by atoms with Crippen LogP contribution < -0.4 is 4.72 Å². The van der Waals surface area contributed by atoms with E-state index < -0.39 is 15.9 Å². The molecular weight excluding hydrogens is 582 g/mol. The van der Waals surface area contributed by atoms with E-state index in [0.29, 0.717) is 47.8 Å². The van der Waals surface area contributed by atoms with Crippen LogP contribution in [0, 0.1) is 0 Å². The fourth-order valence-corrected chi connectivity index (χ4v) is 7.05. The fourth-order valence-electron chi connectivity index (χ4n) is 5.31. The monoisotopic (exact) mass is 621 g/mol. The van der Waals surface area contributed by atoms with Crippen LogP contribution in [0.25, 0.3) is 11.1 Å². The molecule has 8 nitrogen and oxygen atoms in total. The molecule has 0 spiro atoms. The maximum Gasteiger partial charge on any atom is 0.264 e. The lowest BCUT2D eigenvalue weighted by Crippen LogP contribution is -2.44. The van der Waals surface area contributed by atoms with E-state index in [4.69, 9.17) is 11.6 Å². The van der Waals surface area contributed by atoms with Gasteiger partial charge in [0.25, 0.3) is 10.0 Å². The molecule has 2 aromatic rings. The highest BCUT2D eigenvalue weighted by Crippen LogP contribution is 2.34. The Labute approximate surface area is 254 Å². The van der Waals surface area contributed by atoms with Crippen LogP contribution in [-0.4, -0.2) is 60.8 Å². The number of carbonyl (C=O) groups excluding carboxylic acids is 3. The topological polar surface area (TPSA) is 104 Å². The lowest BCUT2D eigenvalue weighted by molar-refractivity contribution is -0.136. The Morgan fingerprint density at radius 1 is 0.976 bits per heavy atom. The SMILES string of the molecule is CCCC(=O)N(CCC(=O)N(CCS)C1CCCCC1)Cc1ccc(-c2ccccc2S(=O)(=O)NC(C)=O)c(Cl)c1. The molecule has 224 valence electrons. The van der Waals surface area contributed by atoms with Crippen LogP contribution in [0.5, 0.6) is 0 Å². The molecule has 3 rings (SSSR count). The minimum absolute atomic E-state index is 0.0364. The highest BCUT2D eigenvalue weighted by atomic mass is 35.5. The van der Waals surface area contributed by atoms with Crippen molar-refractivity contribution in [2.75, 3.05) is 18.8 Å². The molecule has 1 aliphatic carbocycles. The van der Waals surface area contributed by atoms with Crippen LogP contribution in [0.1, 0.15) is 70.8 Å². The van der Waals surface area contributed by atoms with Crippen LogP contribution in [-0.2, 0) is 31.0 Å². The molecular formula is C30H40ClN3O5S2. The predicted molar refractivity (Wildman–Crippen MR) is 165 cm³/mol. The zero-order valence-corrected chi connectivity index (χ0v) is 26.2. The van der Waals surface area contributed by atoms with Crippen molar-refractivity contribution in [3.63, 3.8) is 0 Å². The number of hydrogen-bond donors (Lipinski definition) is 2. The Bertz CT molecular complexity index is 1330. The van der Waals surface area contributed by atoms with Gasteiger partial charge in [0, 0.05) is 67.3 Å². The number of sulfonamides is 1. The first kappa shape index (κ1) is 32.9. The van der Waals surface area contributed by atoms with Gasteiger partial charge in [0.15, 0.2) is 0 Å². The standard InChI is InChI=1S/C30H40ClN3O5S2/c1-3-9-29(36)33(17-16-30(37)34(18-19-40)24-10-5-4-6-11-24)21-23-14-15-25(27(31)20-23)26-12-7-8-13-28(26)41(38,39)32-22(2)35/h7-8,12-15,20,24,40H,3-6,9-11,16-19,21H2,1-2H3,(H,32,35). The molecule has 0 saturated heterocycles. The molecule has 0 aliphatic heterocycles. The third-order valence-corrected chi connectivity index (χ3v) is 9.24. The molecule has 2 aromatic carbocycles. The largest absolute Gasteiger partial charge is 0.339 e. The average Bonchev–Trinajstić information content (AvgIpc) is 2.93. The summed E-state index contributed by atoms with van der Waals surface area (Å²) in [5, 5.41) is 0.309. The number of halogens is 1. The van der Waals surface area contributed by atoms with Gasteiger partial charge >= 0.3 is 0 Å². The highest BCUT2D eigenvalue weighted by Gasteiger charge is 2.26. The number of benzene rings is 2. The average molecular weight is 622 g/mol. The van der Waals surface area contributed by atoms with Crippen LogP contribution in [0.15, 0.2) is 47.4 Å². The number of nitrogens with one attached hydrogen (secondary N) is 1. The van der Waals surface area contributed by atoms with Crippen LogP contribution in [0.3, 0.4) is 0 Å². The van der Waals surface area contributed by atoms with Crippen molar-refractivity contribution in [1.29, 1.82) is 0 Å². The number of hydrogen-bond acceptors (Lipinski definition) is 6. The third-order valence-electron chi connectivity index (χ3n) is 7.24. The van der Waals surface area contributed by atoms with E-state index in [0.717, 1.165) is 38.2 Å².